The minimum Gasteiger partial charge on any atom is -0.476 e. The fourth-order valence-corrected chi connectivity index (χ4v) is 1.88. The molecule has 1 aliphatic heterocycles. The number of allylic oxidation sites excluding steroid dienone is 1. The van der Waals surface area contributed by atoms with Gasteiger partial charge in [-0.25, -0.2) is 14.3 Å². The molecular weight excluding hydrogens is 262 g/mol. The molecule has 1 aromatic heterocycles. The Morgan fingerprint density at radius 1 is 1.55 bits per heavy atom. The summed E-state index contributed by atoms with van der Waals surface area (Å²) in [6.07, 6.45) is 6.12. The Hall–Kier alpha value is -2.38. The average Bonchev–Trinajstić information content (AvgIpc) is 2.82. The maximum atomic E-state index is 11.7. The molecule has 1 aromatic rings. The molecule has 0 atom stereocenters. The first-order valence-corrected chi connectivity index (χ1v) is 6.41. The number of carboxylic acid groups (broad SMARTS) is 1. The first-order valence-electron chi connectivity index (χ1n) is 6.41. The first-order chi connectivity index (χ1) is 9.61. The van der Waals surface area contributed by atoms with E-state index in [2.05, 4.69) is 15.6 Å². The molecule has 0 aromatic carbocycles. The number of urea groups is 1. The summed E-state index contributed by atoms with van der Waals surface area (Å²) in [5, 5.41) is 18.9. The predicted molar refractivity (Wildman–Crippen MR) is 70.4 cm³/mol. The van der Waals surface area contributed by atoms with Crippen LogP contribution in [-0.4, -0.2) is 56.6 Å². The summed E-state index contributed by atoms with van der Waals surface area (Å²) in [4.78, 5) is 24.1. The van der Waals surface area contributed by atoms with E-state index < -0.39 is 5.97 Å². The molecular formula is C12H17N5O3. The minimum absolute atomic E-state index is 0.00288. The lowest BCUT2D eigenvalue weighted by molar-refractivity contribution is 0.0690. The van der Waals surface area contributed by atoms with E-state index in [9.17, 15) is 9.59 Å². The van der Waals surface area contributed by atoms with E-state index in [1.165, 1.54) is 10.9 Å². The topological polar surface area (TPSA) is 100 Å². The van der Waals surface area contributed by atoms with Crippen molar-refractivity contribution in [3.8, 4) is 0 Å². The molecule has 1 fully saturated rings. The standard InChI is InChI=1S/C12H17N5O3/c1-2-3-4-5-13-12(20)16-6-9(7-16)17-8-10(11(18)19)14-15-17/h2-3,8-9H,4-7H2,1H3,(H,13,20)(H,18,19)/b3-2+. The Labute approximate surface area is 116 Å². The Balaban J connectivity index is 1.75. The summed E-state index contributed by atoms with van der Waals surface area (Å²) in [5.74, 6) is -1.10. The molecule has 8 nitrogen and oxygen atoms in total. The number of nitrogens with one attached hydrogen (secondary N) is 1. The van der Waals surface area contributed by atoms with Gasteiger partial charge < -0.3 is 15.3 Å². The third kappa shape index (κ3) is 3.14. The van der Waals surface area contributed by atoms with Gasteiger partial charge >= 0.3 is 12.0 Å². The van der Waals surface area contributed by atoms with Crippen molar-refractivity contribution in [1.29, 1.82) is 0 Å². The SMILES string of the molecule is C/C=C/CCNC(=O)N1CC(n2cc(C(=O)O)nn2)C1. The normalized spacial score (nSPS) is 15.3. The Morgan fingerprint density at radius 2 is 2.30 bits per heavy atom. The Morgan fingerprint density at radius 3 is 2.90 bits per heavy atom. The summed E-state index contributed by atoms with van der Waals surface area (Å²) < 4.78 is 1.49. The second-order valence-corrected chi connectivity index (χ2v) is 4.54. The van der Waals surface area contributed by atoms with Crippen molar-refractivity contribution in [1.82, 2.24) is 25.2 Å². The van der Waals surface area contributed by atoms with Crippen molar-refractivity contribution in [3.05, 3.63) is 24.0 Å². The molecule has 0 bridgehead atoms. The van der Waals surface area contributed by atoms with Gasteiger partial charge in [-0.05, 0) is 13.3 Å². The van der Waals surface area contributed by atoms with Crippen LogP contribution in [0.5, 0.6) is 0 Å². The van der Waals surface area contributed by atoms with E-state index in [1.807, 2.05) is 19.1 Å². The van der Waals surface area contributed by atoms with E-state index in [1.54, 1.807) is 4.90 Å². The third-order valence-corrected chi connectivity index (χ3v) is 3.08. The van der Waals surface area contributed by atoms with Crippen LogP contribution in [0.4, 0.5) is 4.79 Å². The van der Waals surface area contributed by atoms with E-state index in [4.69, 9.17) is 5.11 Å². The van der Waals surface area contributed by atoms with Gasteiger partial charge in [0.2, 0.25) is 0 Å². The zero-order valence-electron chi connectivity index (χ0n) is 11.2. The second-order valence-electron chi connectivity index (χ2n) is 4.54. The van der Waals surface area contributed by atoms with Gasteiger partial charge in [-0.1, -0.05) is 17.4 Å². The zero-order chi connectivity index (χ0) is 14.5. The summed E-state index contributed by atoms with van der Waals surface area (Å²) in [6.45, 7) is 3.57. The molecule has 0 spiro atoms. The van der Waals surface area contributed by atoms with Crippen molar-refractivity contribution < 1.29 is 14.7 Å². The van der Waals surface area contributed by atoms with E-state index in [-0.39, 0.29) is 17.8 Å². The number of likely N-dealkylation sites (tertiary alicyclic amines) is 1. The van der Waals surface area contributed by atoms with Crippen LogP contribution in [0.1, 0.15) is 29.9 Å². The molecule has 8 heteroatoms. The highest BCUT2D eigenvalue weighted by molar-refractivity contribution is 5.84. The van der Waals surface area contributed by atoms with Gasteiger partial charge in [0.15, 0.2) is 5.69 Å². The van der Waals surface area contributed by atoms with Crippen LogP contribution in [0.3, 0.4) is 0 Å². The zero-order valence-corrected chi connectivity index (χ0v) is 11.2. The quantitative estimate of drug-likeness (QED) is 0.604. The minimum atomic E-state index is -1.10. The number of hydrogen-bond acceptors (Lipinski definition) is 4. The van der Waals surface area contributed by atoms with E-state index >= 15 is 0 Å². The van der Waals surface area contributed by atoms with Crippen molar-refractivity contribution in [2.75, 3.05) is 19.6 Å². The molecule has 0 radical (unpaired) electrons. The molecule has 2 heterocycles. The fourth-order valence-electron chi connectivity index (χ4n) is 1.88. The number of carboxylic acids is 1. The van der Waals surface area contributed by atoms with Crippen molar-refractivity contribution >= 4 is 12.0 Å². The third-order valence-electron chi connectivity index (χ3n) is 3.08. The monoisotopic (exact) mass is 279 g/mol. The molecule has 1 saturated heterocycles. The molecule has 2 rings (SSSR count). The number of amides is 2. The van der Waals surface area contributed by atoms with Crippen LogP contribution in [0, 0.1) is 0 Å². The Kier molecular flexibility index (Phi) is 4.34. The van der Waals surface area contributed by atoms with Gasteiger partial charge in [0.05, 0.1) is 12.2 Å². The van der Waals surface area contributed by atoms with Gasteiger partial charge in [0.1, 0.15) is 0 Å². The van der Waals surface area contributed by atoms with Gasteiger partial charge in [0.25, 0.3) is 0 Å². The lowest BCUT2D eigenvalue weighted by atomic mass is 10.1. The summed E-state index contributed by atoms with van der Waals surface area (Å²) in [5.41, 5.74) is -0.0840. The van der Waals surface area contributed by atoms with Crippen LogP contribution in [0.2, 0.25) is 0 Å². The highest BCUT2D eigenvalue weighted by Crippen LogP contribution is 2.20. The van der Waals surface area contributed by atoms with Crippen molar-refractivity contribution in [2.45, 2.75) is 19.4 Å². The predicted octanol–water partition coefficient (Wildman–Crippen LogP) is 0.509. The van der Waals surface area contributed by atoms with Crippen molar-refractivity contribution in [3.63, 3.8) is 0 Å². The van der Waals surface area contributed by atoms with Crippen LogP contribution >= 0.6 is 0 Å². The smallest absolute Gasteiger partial charge is 0.358 e. The van der Waals surface area contributed by atoms with E-state index in [0.717, 1.165) is 6.42 Å². The molecule has 0 saturated carbocycles. The van der Waals surface area contributed by atoms with Crippen LogP contribution in [-0.2, 0) is 0 Å². The number of carbonyl (C=O) groups excluding carboxylic acids is 1. The highest BCUT2D eigenvalue weighted by atomic mass is 16.4. The summed E-state index contributed by atoms with van der Waals surface area (Å²) >= 11 is 0. The van der Waals surface area contributed by atoms with Crippen LogP contribution in [0.25, 0.3) is 0 Å². The average molecular weight is 279 g/mol. The maximum Gasteiger partial charge on any atom is 0.358 e. The van der Waals surface area contributed by atoms with E-state index in [0.29, 0.717) is 19.6 Å². The number of nitrogens with zero attached hydrogens (tertiary/aromatic N) is 4. The molecule has 20 heavy (non-hydrogen) atoms. The molecule has 0 aliphatic carbocycles. The van der Waals surface area contributed by atoms with Crippen LogP contribution in [0.15, 0.2) is 18.3 Å². The van der Waals surface area contributed by atoms with Gasteiger partial charge in [-0.2, -0.15) is 0 Å². The van der Waals surface area contributed by atoms with Gasteiger partial charge in [0, 0.05) is 19.6 Å². The van der Waals surface area contributed by atoms with Crippen molar-refractivity contribution in [2.24, 2.45) is 0 Å². The second kappa shape index (κ2) is 6.18. The maximum absolute atomic E-state index is 11.7. The number of aromatic carboxylic acids is 1. The largest absolute Gasteiger partial charge is 0.476 e. The fraction of sp³-hybridized carbons (Fsp3) is 0.500. The Bertz CT molecular complexity index is 519. The number of aromatic nitrogens is 3. The lowest BCUT2D eigenvalue weighted by Crippen LogP contribution is -2.54. The first kappa shape index (κ1) is 14.0. The lowest BCUT2D eigenvalue weighted by Gasteiger charge is -2.38. The molecule has 0 unspecified atom stereocenters. The van der Waals surface area contributed by atoms with Gasteiger partial charge in [-0.3, -0.25) is 0 Å². The van der Waals surface area contributed by atoms with Gasteiger partial charge in [-0.15, -0.1) is 5.10 Å². The molecule has 2 amide bonds. The highest BCUT2D eigenvalue weighted by Gasteiger charge is 2.32. The van der Waals surface area contributed by atoms with Crippen LogP contribution < -0.4 is 5.32 Å². The molecule has 1 aliphatic rings. The number of hydrogen-bond donors (Lipinski definition) is 2. The molecule has 2 N–H and O–H groups in total. The summed E-state index contributed by atoms with van der Waals surface area (Å²) in [6, 6.07) is -0.110. The number of carbonyl (C=O) groups is 2. The molecule has 108 valence electrons. The summed E-state index contributed by atoms with van der Waals surface area (Å²) in [7, 11) is 0. The number of rotatable bonds is 5.